The van der Waals surface area contributed by atoms with E-state index in [1.807, 2.05) is 36.0 Å². The summed E-state index contributed by atoms with van der Waals surface area (Å²) >= 11 is 3.16. The minimum Gasteiger partial charge on any atom is -0.224 e. The number of sulfonamides is 1. The minimum atomic E-state index is -3.58. The van der Waals surface area contributed by atoms with Gasteiger partial charge in [-0.3, -0.25) is 0 Å². The molecule has 148 valence electrons. The molecule has 7 heteroatoms. The van der Waals surface area contributed by atoms with Gasteiger partial charge in [0, 0.05) is 5.25 Å². The Labute approximate surface area is 170 Å². The van der Waals surface area contributed by atoms with E-state index in [1.54, 1.807) is 0 Å². The standard InChI is InChI=1S/C20H28N2O2S3/c23-27(24,20-21-17-13-7-8-14-18(17)26-20)22-19(15-9-3-1-4-10-15)25-16-11-5-2-6-12-16/h7-8,13-16,19,22H,1-6,9-12H2. The van der Waals surface area contributed by atoms with Gasteiger partial charge in [0.1, 0.15) is 0 Å². The van der Waals surface area contributed by atoms with E-state index in [2.05, 4.69) is 9.71 Å². The van der Waals surface area contributed by atoms with Gasteiger partial charge < -0.3 is 0 Å². The summed E-state index contributed by atoms with van der Waals surface area (Å²) in [5.74, 6) is 0.440. The van der Waals surface area contributed by atoms with Crippen molar-refractivity contribution in [2.75, 3.05) is 0 Å². The lowest BCUT2D eigenvalue weighted by molar-refractivity contribution is 0.339. The zero-order chi connectivity index (χ0) is 18.7. The molecule has 1 atom stereocenters. The van der Waals surface area contributed by atoms with Crippen molar-refractivity contribution in [2.24, 2.45) is 5.92 Å². The number of thioether (sulfide) groups is 1. The summed E-state index contributed by atoms with van der Waals surface area (Å²) in [7, 11) is -3.58. The first kappa shape index (κ1) is 19.7. The summed E-state index contributed by atoms with van der Waals surface area (Å²) in [5, 5.41) is 0.564. The van der Waals surface area contributed by atoms with Crippen LogP contribution in [0.1, 0.15) is 64.2 Å². The molecule has 4 nitrogen and oxygen atoms in total. The molecule has 2 fully saturated rings. The molecule has 2 aliphatic rings. The lowest BCUT2D eigenvalue weighted by Gasteiger charge is -2.33. The first-order valence-electron chi connectivity index (χ1n) is 10.2. The smallest absolute Gasteiger partial charge is 0.224 e. The van der Waals surface area contributed by atoms with Gasteiger partial charge in [-0.25, -0.2) is 13.4 Å². The summed E-state index contributed by atoms with van der Waals surface area (Å²) in [6.07, 6.45) is 12.3. The molecule has 2 saturated carbocycles. The third-order valence-electron chi connectivity index (χ3n) is 5.74. The van der Waals surface area contributed by atoms with Crippen molar-refractivity contribution >= 4 is 43.3 Å². The Hall–Kier alpha value is -0.630. The van der Waals surface area contributed by atoms with E-state index in [9.17, 15) is 8.42 Å². The molecule has 0 saturated heterocycles. The number of hydrogen-bond acceptors (Lipinski definition) is 5. The second-order valence-electron chi connectivity index (χ2n) is 7.78. The SMILES string of the molecule is O=S(=O)(NC(SC1CCCCC1)C1CCCCC1)c1nc2ccccc2s1. The molecule has 4 rings (SSSR count). The van der Waals surface area contributed by atoms with Gasteiger partial charge in [-0.05, 0) is 43.7 Å². The summed E-state index contributed by atoms with van der Waals surface area (Å²) < 4.78 is 30.4. The molecule has 0 bridgehead atoms. The zero-order valence-corrected chi connectivity index (χ0v) is 18.1. The van der Waals surface area contributed by atoms with Crippen LogP contribution in [0, 0.1) is 5.92 Å². The lowest BCUT2D eigenvalue weighted by atomic mass is 9.89. The molecule has 1 N–H and O–H groups in total. The van der Waals surface area contributed by atoms with Gasteiger partial charge in [-0.1, -0.05) is 50.7 Å². The fourth-order valence-electron chi connectivity index (χ4n) is 4.25. The van der Waals surface area contributed by atoms with Gasteiger partial charge in [-0.2, -0.15) is 4.72 Å². The molecule has 0 spiro atoms. The highest BCUT2D eigenvalue weighted by molar-refractivity contribution is 8.01. The fraction of sp³-hybridized carbons (Fsp3) is 0.650. The molecule has 0 radical (unpaired) electrons. The van der Waals surface area contributed by atoms with Crippen molar-refractivity contribution in [1.29, 1.82) is 0 Å². The van der Waals surface area contributed by atoms with Crippen LogP contribution in [0.15, 0.2) is 28.6 Å². The number of nitrogens with zero attached hydrogens (tertiary/aromatic N) is 1. The van der Waals surface area contributed by atoms with Gasteiger partial charge in [-0.15, -0.1) is 23.1 Å². The number of hydrogen-bond donors (Lipinski definition) is 1. The molecule has 1 unspecified atom stereocenters. The molecular weight excluding hydrogens is 396 g/mol. The van der Waals surface area contributed by atoms with Crippen molar-refractivity contribution in [3.63, 3.8) is 0 Å². The maximum absolute atomic E-state index is 13.1. The normalized spacial score (nSPS) is 21.5. The maximum Gasteiger partial charge on any atom is 0.268 e. The molecule has 2 aliphatic carbocycles. The minimum absolute atomic E-state index is 0.0228. The first-order valence-corrected chi connectivity index (χ1v) is 13.4. The van der Waals surface area contributed by atoms with Crippen molar-refractivity contribution < 1.29 is 8.42 Å². The molecule has 1 aromatic heterocycles. The molecule has 0 aliphatic heterocycles. The lowest BCUT2D eigenvalue weighted by Crippen LogP contribution is -2.40. The van der Waals surface area contributed by atoms with Crippen molar-refractivity contribution in [3.05, 3.63) is 24.3 Å². The van der Waals surface area contributed by atoms with E-state index >= 15 is 0 Å². The highest BCUT2D eigenvalue weighted by atomic mass is 32.2. The van der Waals surface area contributed by atoms with Crippen LogP contribution in [0.4, 0.5) is 0 Å². The summed E-state index contributed by atoms with van der Waals surface area (Å²) in [5.41, 5.74) is 0.761. The van der Waals surface area contributed by atoms with Gasteiger partial charge >= 0.3 is 0 Å². The predicted molar refractivity (Wildman–Crippen MR) is 115 cm³/mol. The fourth-order valence-corrected chi connectivity index (χ4v) is 8.73. The second-order valence-corrected chi connectivity index (χ2v) is 12.1. The van der Waals surface area contributed by atoms with Crippen molar-refractivity contribution in [2.45, 2.75) is 79.2 Å². The van der Waals surface area contributed by atoms with Gasteiger partial charge in [0.15, 0.2) is 0 Å². The molecule has 27 heavy (non-hydrogen) atoms. The average Bonchev–Trinajstić information content (AvgIpc) is 3.14. The van der Waals surface area contributed by atoms with Crippen LogP contribution in [0.3, 0.4) is 0 Å². The average molecular weight is 425 g/mol. The van der Waals surface area contributed by atoms with Crippen molar-refractivity contribution in [1.82, 2.24) is 9.71 Å². The largest absolute Gasteiger partial charge is 0.268 e. The zero-order valence-electron chi connectivity index (χ0n) is 15.6. The number of aromatic nitrogens is 1. The molecule has 1 heterocycles. The van der Waals surface area contributed by atoms with Crippen molar-refractivity contribution in [3.8, 4) is 0 Å². The van der Waals surface area contributed by atoms with E-state index in [0.29, 0.717) is 11.2 Å². The van der Waals surface area contributed by atoms with Gasteiger partial charge in [0.25, 0.3) is 10.0 Å². The van der Waals surface area contributed by atoms with Crippen LogP contribution >= 0.6 is 23.1 Å². The Bertz CT molecular complexity index is 820. The second kappa shape index (κ2) is 8.80. The molecular formula is C20H28N2O2S3. The van der Waals surface area contributed by atoms with E-state index in [1.165, 1.54) is 62.7 Å². The predicted octanol–water partition coefficient (Wildman–Crippen LogP) is 5.55. The molecule has 2 aromatic rings. The topological polar surface area (TPSA) is 59.1 Å². The van der Waals surface area contributed by atoms with Crippen LogP contribution in [-0.2, 0) is 10.0 Å². The van der Waals surface area contributed by atoms with E-state index < -0.39 is 10.0 Å². The highest BCUT2D eigenvalue weighted by Gasteiger charge is 2.32. The third-order valence-corrected chi connectivity index (χ3v) is 10.4. The van der Waals surface area contributed by atoms with Crippen LogP contribution in [0.2, 0.25) is 0 Å². The van der Waals surface area contributed by atoms with Gasteiger partial charge in [0.05, 0.1) is 15.6 Å². The molecule has 0 amide bonds. The Balaban J connectivity index is 1.54. The summed E-state index contributed by atoms with van der Waals surface area (Å²) in [6, 6.07) is 7.63. The number of para-hydroxylation sites is 1. The number of benzene rings is 1. The Morgan fingerprint density at radius 2 is 1.67 bits per heavy atom. The van der Waals surface area contributed by atoms with Crippen LogP contribution in [0.25, 0.3) is 10.2 Å². The van der Waals surface area contributed by atoms with E-state index in [0.717, 1.165) is 23.1 Å². The van der Waals surface area contributed by atoms with E-state index in [-0.39, 0.29) is 9.71 Å². The maximum atomic E-state index is 13.1. The first-order chi connectivity index (χ1) is 13.1. The van der Waals surface area contributed by atoms with Crippen LogP contribution in [0.5, 0.6) is 0 Å². The summed E-state index contributed by atoms with van der Waals surface area (Å²) in [6.45, 7) is 0. The Morgan fingerprint density at radius 1 is 1.00 bits per heavy atom. The number of thiazole rings is 1. The highest BCUT2D eigenvalue weighted by Crippen LogP contribution is 2.38. The van der Waals surface area contributed by atoms with Crippen LogP contribution < -0.4 is 4.72 Å². The Morgan fingerprint density at radius 3 is 2.37 bits per heavy atom. The number of fused-ring (bicyclic) bond motifs is 1. The monoisotopic (exact) mass is 424 g/mol. The quantitative estimate of drug-likeness (QED) is 0.618. The Kier molecular flexibility index (Phi) is 6.42. The van der Waals surface area contributed by atoms with Gasteiger partial charge in [0.2, 0.25) is 4.34 Å². The summed E-state index contributed by atoms with van der Waals surface area (Å²) in [4.78, 5) is 4.39. The number of nitrogens with one attached hydrogen (secondary N) is 1. The third kappa shape index (κ3) is 4.86. The molecule has 1 aromatic carbocycles. The number of rotatable bonds is 6. The van der Waals surface area contributed by atoms with Crippen LogP contribution in [-0.4, -0.2) is 24.0 Å². The van der Waals surface area contributed by atoms with E-state index in [4.69, 9.17) is 0 Å².